The fourth-order valence-electron chi connectivity index (χ4n) is 3.76. The van der Waals surface area contributed by atoms with Crippen molar-refractivity contribution < 1.29 is 23.0 Å². The highest BCUT2D eigenvalue weighted by molar-refractivity contribution is 7.10. The first-order valence-corrected chi connectivity index (χ1v) is 9.96. The summed E-state index contributed by atoms with van der Waals surface area (Å²) in [6.07, 6.45) is 0.541. The number of fused-ring (bicyclic) bond motifs is 1. The van der Waals surface area contributed by atoms with Crippen LogP contribution in [0.4, 0.5) is 8.78 Å². The summed E-state index contributed by atoms with van der Waals surface area (Å²) < 4.78 is 39.5. The molecule has 3 aromatic rings. The van der Waals surface area contributed by atoms with E-state index in [1.165, 1.54) is 22.3 Å². The van der Waals surface area contributed by atoms with Crippen LogP contribution in [0.5, 0.6) is 11.5 Å². The molecule has 0 saturated heterocycles. The highest BCUT2D eigenvalue weighted by Crippen LogP contribution is 2.42. The van der Waals surface area contributed by atoms with Crippen molar-refractivity contribution in [3.05, 3.63) is 81.0 Å². The third kappa shape index (κ3) is 3.35. The number of thiophene rings is 1. The number of methoxy groups -OCH3 is 2. The van der Waals surface area contributed by atoms with E-state index in [1.54, 1.807) is 14.2 Å². The molecule has 2 heterocycles. The molecule has 7 heteroatoms. The maximum atomic E-state index is 14.3. The third-order valence-electron chi connectivity index (χ3n) is 5.12. The van der Waals surface area contributed by atoms with E-state index >= 15 is 0 Å². The predicted molar refractivity (Wildman–Crippen MR) is 107 cm³/mol. The van der Waals surface area contributed by atoms with Gasteiger partial charge in [-0.3, -0.25) is 4.79 Å². The zero-order chi connectivity index (χ0) is 20.5. The summed E-state index contributed by atoms with van der Waals surface area (Å²) in [6.45, 7) is 0.331. The number of carbonyl (C=O) groups excluding carboxylic acids is 1. The Hall–Kier alpha value is -2.93. The van der Waals surface area contributed by atoms with Gasteiger partial charge < -0.3 is 14.4 Å². The monoisotopic (exact) mass is 415 g/mol. The van der Waals surface area contributed by atoms with Crippen molar-refractivity contribution in [3.8, 4) is 11.5 Å². The van der Waals surface area contributed by atoms with Crippen LogP contribution in [0, 0.1) is 11.6 Å². The molecular formula is C22H19F2NO3S. The molecular weight excluding hydrogens is 396 g/mol. The molecule has 150 valence electrons. The lowest BCUT2D eigenvalue weighted by atomic mass is 9.90. The van der Waals surface area contributed by atoms with E-state index in [9.17, 15) is 13.6 Å². The Kier molecular flexibility index (Phi) is 5.24. The number of carbonyl (C=O) groups is 1. The van der Waals surface area contributed by atoms with Gasteiger partial charge in [-0.15, -0.1) is 11.3 Å². The van der Waals surface area contributed by atoms with Gasteiger partial charge in [0, 0.05) is 11.4 Å². The third-order valence-corrected chi connectivity index (χ3v) is 6.05. The lowest BCUT2D eigenvalue weighted by molar-refractivity contribution is 0.0687. The number of ether oxygens (including phenoxy) is 2. The van der Waals surface area contributed by atoms with E-state index < -0.39 is 29.1 Å². The SMILES string of the molecule is COc1cc2c(cc1OC)C(c1cccs1)N(C(=O)c1c(F)cccc1F)CC2. The second-order valence-corrected chi connectivity index (χ2v) is 7.65. The van der Waals surface area contributed by atoms with Gasteiger partial charge in [-0.2, -0.15) is 0 Å². The van der Waals surface area contributed by atoms with Crippen LogP contribution in [0.3, 0.4) is 0 Å². The molecule has 4 nitrogen and oxygen atoms in total. The van der Waals surface area contributed by atoms with E-state index in [2.05, 4.69) is 0 Å². The van der Waals surface area contributed by atoms with Crippen LogP contribution >= 0.6 is 11.3 Å². The number of amides is 1. The number of hydrogen-bond acceptors (Lipinski definition) is 4. The van der Waals surface area contributed by atoms with Crippen molar-refractivity contribution >= 4 is 17.2 Å². The summed E-state index contributed by atoms with van der Waals surface area (Å²) in [4.78, 5) is 15.7. The first kappa shape index (κ1) is 19.4. The molecule has 1 aliphatic rings. The largest absolute Gasteiger partial charge is 0.493 e. The average molecular weight is 415 g/mol. The lowest BCUT2D eigenvalue weighted by Crippen LogP contribution is -2.41. The van der Waals surface area contributed by atoms with Gasteiger partial charge >= 0.3 is 0 Å². The minimum atomic E-state index is -0.863. The summed E-state index contributed by atoms with van der Waals surface area (Å²) >= 11 is 1.49. The number of benzene rings is 2. The van der Waals surface area contributed by atoms with Gasteiger partial charge in [0.15, 0.2) is 11.5 Å². The molecule has 4 rings (SSSR count). The Balaban J connectivity index is 1.85. The van der Waals surface area contributed by atoms with E-state index in [4.69, 9.17) is 9.47 Å². The standard InChI is InChI=1S/C22H19F2NO3S/c1-27-17-11-13-8-9-25(22(26)20-15(23)5-3-6-16(20)24)21(19-7-4-10-29-19)14(13)12-18(17)28-2/h3-7,10-12,21H,8-9H2,1-2H3. The van der Waals surface area contributed by atoms with Crippen LogP contribution in [-0.2, 0) is 6.42 Å². The average Bonchev–Trinajstić information content (AvgIpc) is 3.26. The normalized spacial score (nSPS) is 15.7. The Morgan fingerprint density at radius 3 is 2.38 bits per heavy atom. The predicted octanol–water partition coefficient (Wildman–Crippen LogP) is 4.83. The minimum Gasteiger partial charge on any atom is -0.493 e. The molecule has 1 unspecified atom stereocenters. The van der Waals surface area contributed by atoms with Crippen LogP contribution < -0.4 is 9.47 Å². The second-order valence-electron chi connectivity index (χ2n) is 6.67. The van der Waals surface area contributed by atoms with Crippen LogP contribution in [0.2, 0.25) is 0 Å². The zero-order valence-electron chi connectivity index (χ0n) is 15.9. The minimum absolute atomic E-state index is 0.331. The molecule has 1 atom stereocenters. The Morgan fingerprint density at radius 2 is 1.76 bits per heavy atom. The maximum Gasteiger partial charge on any atom is 0.260 e. The Bertz CT molecular complexity index is 1030. The van der Waals surface area contributed by atoms with Gasteiger partial charge in [0.05, 0.1) is 20.3 Å². The van der Waals surface area contributed by atoms with Crippen LogP contribution in [0.1, 0.15) is 32.4 Å². The molecule has 1 aliphatic heterocycles. The summed E-state index contributed by atoms with van der Waals surface area (Å²) in [7, 11) is 3.12. The number of hydrogen-bond donors (Lipinski definition) is 0. The molecule has 0 fully saturated rings. The fourth-order valence-corrected chi connectivity index (χ4v) is 4.62. The van der Waals surface area contributed by atoms with Gasteiger partial charge in [-0.1, -0.05) is 12.1 Å². The Labute approximate surface area is 171 Å². The molecule has 1 aromatic heterocycles. The van der Waals surface area contributed by atoms with Crippen molar-refractivity contribution in [2.24, 2.45) is 0 Å². The molecule has 0 bridgehead atoms. The lowest BCUT2D eigenvalue weighted by Gasteiger charge is -2.37. The van der Waals surface area contributed by atoms with E-state index in [0.717, 1.165) is 28.1 Å². The quantitative estimate of drug-likeness (QED) is 0.613. The van der Waals surface area contributed by atoms with Gasteiger partial charge in [0.2, 0.25) is 0 Å². The van der Waals surface area contributed by atoms with Crippen molar-refractivity contribution in [1.29, 1.82) is 0 Å². The fraction of sp³-hybridized carbons (Fsp3) is 0.227. The zero-order valence-corrected chi connectivity index (χ0v) is 16.8. The molecule has 0 saturated carbocycles. The summed E-state index contributed by atoms with van der Waals surface area (Å²) in [5.74, 6) is -1.24. The molecule has 0 N–H and O–H groups in total. The van der Waals surface area contributed by atoms with Crippen LogP contribution in [0.15, 0.2) is 47.8 Å². The molecule has 2 aromatic carbocycles. The van der Waals surface area contributed by atoms with Crippen molar-refractivity contribution in [2.45, 2.75) is 12.5 Å². The second kappa shape index (κ2) is 7.83. The van der Waals surface area contributed by atoms with E-state index in [1.807, 2.05) is 29.6 Å². The summed E-state index contributed by atoms with van der Waals surface area (Å²) in [5, 5.41) is 1.91. The molecule has 0 radical (unpaired) electrons. The summed E-state index contributed by atoms with van der Waals surface area (Å²) in [5.41, 5.74) is 1.35. The number of rotatable bonds is 4. The van der Waals surface area contributed by atoms with Gasteiger partial charge in [-0.05, 0) is 53.3 Å². The van der Waals surface area contributed by atoms with Crippen LogP contribution in [-0.4, -0.2) is 31.6 Å². The van der Waals surface area contributed by atoms with Gasteiger partial charge in [0.1, 0.15) is 17.2 Å². The number of halogens is 2. The Morgan fingerprint density at radius 1 is 1.07 bits per heavy atom. The van der Waals surface area contributed by atoms with E-state index in [-0.39, 0.29) is 0 Å². The molecule has 1 amide bonds. The topological polar surface area (TPSA) is 38.8 Å². The molecule has 0 aliphatic carbocycles. The molecule has 0 spiro atoms. The van der Waals surface area contributed by atoms with Crippen molar-refractivity contribution in [1.82, 2.24) is 4.90 Å². The van der Waals surface area contributed by atoms with Gasteiger partial charge in [-0.25, -0.2) is 8.78 Å². The van der Waals surface area contributed by atoms with Crippen molar-refractivity contribution in [2.75, 3.05) is 20.8 Å². The highest BCUT2D eigenvalue weighted by atomic mass is 32.1. The number of nitrogens with zero attached hydrogens (tertiary/aromatic N) is 1. The molecule has 29 heavy (non-hydrogen) atoms. The van der Waals surface area contributed by atoms with Gasteiger partial charge in [0.25, 0.3) is 5.91 Å². The van der Waals surface area contributed by atoms with E-state index in [0.29, 0.717) is 24.5 Å². The maximum absolute atomic E-state index is 14.3. The van der Waals surface area contributed by atoms with Crippen LogP contribution in [0.25, 0.3) is 0 Å². The van der Waals surface area contributed by atoms with Crippen molar-refractivity contribution in [3.63, 3.8) is 0 Å². The summed E-state index contributed by atoms with van der Waals surface area (Å²) in [6, 6.07) is 10.5. The smallest absolute Gasteiger partial charge is 0.260 e. The highest BCUT2D eigenvalue weighted by Gasteiger charge is 2.36. The first-order valence-electron chi connectivity index (χ1n) is 9.08. The first-order chi connectivity index (χ1) is 14.0.